The predicted octanol–water partition coefficient (Wildman–Crippen LogP) is 2.96. The lowest BCUT2D eigenvalue weighted by Crippen LogP contribution is -2.52. The number of rotatable bonds is 10. The first-order chi connectivity index (χ1) is 10.5. The van der Waals surface area contributed by atoms with Crippen LogP contribution < -0.4 is 0 Å². The van der Waals surface area contributed by atoms with Crippen LogP contribution in [-0.2, 0) is 9.47 Å². The first kappa shape index (κ1) is 19.2. The van der Waals surface area contributed by atoms with Gasteiger partial charge in [-0.25, -0.2) is 0 Å². The van der Waals surface area contributed by atoms with Crippen LogP contribution in [0.15, 0.2) is 29.2 Å². The molecule has 124 valence electrons. The molecule has 0 fully saturated rings. The molecule has 4 nitrogen and oxygen atoms in total. The number of hydrogen-bond acceptors (Lipinski definition) is 5. The zero-order chi connectivity index (χ0) is 16.6. The normalized spacial score (nSPS) is 11.9. The maximum Gasteiger partial charge on any atom is 0.182 e. The minimum Gasteiger partial charge on any atom is -0.383 e. The Morgan fingerprint density at radius 1 is 1.09 bits per heavy atom. The molecule has 0 aliphatic heterocycles. The highest BCUT2D eigenvalue weighted by molar-refractivity contribution is 7.98. The SMILES string of the molecule is COCCN(CCOC)C(C)(C)C(=O)c1ccc(SC)cc1. The predicted molar refractivity (Wildman–Crippen MR) is 92.0 cm³/mol. The smallest absolute Gasteiger partial charge is 0.182 e. The minimum absolute atomic E-state index is 0.118. The Hall–Kier alpha value is -0.880. The van der Waals surface area contributed by atoms with E-state index in [9.17, 15) is 4.79 Å². The molecule has 0 spiro atoms. The van der Waals surface area contributed by atoms with Crippen LogP contribution in [0.3, 0.4) is 0 Å². The van der Waals surface area contributed by atoms with E-state index in [1.165, 1.54) is 0 Å². The summed E-state index contributed by atoms with van der Waals surface area (Å²) < 4.78 is 10.3. The molecule has 0 saturated heterocycles. The van der Waals surface area contributed by atoms with Crippen molar-refractivity contribution in [3.05, 3.63) is 29.8 Å². The second-order valence-corrected chi connectivity index (χ2v) is 6.47. The van der Waals surface area contributed by atoms with Crippen LogP contribution in [-0.4, -0.2) is 63.0 Å². The molecular weight excluding hydrogens is 298 g/mol. The molecule has 0 unspecified atom stereocenters. The van der Waals surface area contributed by atoms with Crippen LogP contribution in [0.4, 0.5) is 0 Å². The molecule has 0 radical (unpaired) electrons. The molecule has 5 heteroatoms. The molecule has 0 bridgehead atoms. The largest absolute Gasteiger partial charge is 0.383 e. The van der Waals surface area contributed by atoms with Gasteiger partial charge in [0.2, 0.25) is 0 Å². The quantitative estimate of drug-likeness (QED) is 0.488. The molecule has 1 rings (SSSR count). The number of benzene rings is 1. The van der Waals surface area contributed by atoms with E-state index in [0.717, 1.165) is 10.5 Å². The summed E-state index contributed by atoms with van der Waals surface area (Å²) in [5.74, 6) is 0.118. The summed E-state index contributed by atoms with van der Waals surface area (Å²) in [5.41, 5.74) is 0.139. The summed E-state index contributed by atoms with van der Waals surface area (Å²) in [5, 5.41) is 0. The Bertz CT molecular complexity index is 451. The van der Waals surface area contributed by atoms with Crippen LogP contribution in [0.2, 0.25) is 0 Å². The van der Waals surface area contributed by atoms with E-state index in [1.54, 1.807) is 26.0 Å². The number of ketones is 1. The van der Waals surface area contributed by atoms with E-state index < -0.39 is 5.54 Å². The van der Waals surface area contributed by atoms with Gasteiger partial charge in [-0.1, -0.05) is 12.1 Å². The number of hydrogen-bond donors (Lipinski definition) is 0. The van der Waals surface area contributed by atoms with Gasteiger partial charge in [-0.15, -0.1) is 11.8 Å². The third-order valence-electron chi connectivity index (χ3n) is 3.83. The molecule has 22 heavy (non-hydrogen) atoms. The zero-order valence-electron chi connectivity index (χ0n) is 14.2. The number of methoxy groups -OCH3 is 2. The summed E-state index contributed by atoms with van der Waals surface area (Å²) in [4.78, 5) is 16.2. The van der Waals surface area contributed by atoms with E-state index in [-0.39, 0.29) is 5.78 Å². The fraction of sp³-hybridized carbons (Fsp3) is 0.588. The molecule has 0 saturated carbocycles. The Labute approximate surface area is 138 Å². The maximum absolute atomic E-state index is 12.9. The molecule has 0 heterocycles. The van der Waals surface area contributed by atoms with Gasteiger partial charge >= 0.3 is 0 Å². The van der Waals surface area contributed by atoms with Crippen LogP contribution in [0.5, 0.6) is 0 Å². The lowest BCUT2D eigenvalue weighted by molar-refractivity contribution is 0.0418. The van der Waals surface area contributed by atoms with E-state index in [2.05, 4.69) is 4.90 Å². The van der Waals surface area contributed by atoms with Crippen molar-refractivity contribution in [2.45, 2.75) is 24.3 Å². The van der Waals surface area contributed by atoms with Gasteiger partial charge in [0.25, 0.3) is 0 Å². The van der Waals surface area contributed by atoms with Crippen molar-refractivity contribution in [2.24, 2.45) is 0 Å². The van der Waals surface area contributed by atoms with E-state index >= 15 is 0 Å². The van der Waals surface area contributed by atoms with Gasteiger partial charge in [0, 0.05) is 37.8 Å². The standard InChI is InChI=1S/C17H27NO3S/c1-17(2,18(10-12-20-3)11-13-21-4)16(19)14-6-8-15(22-5)9-7-14/h6-9H,10-13H2,1-5H3. The topological polar surface area (TPSA) is 38.8 Å². The average molecular weight is 325 g/mol. The Morgan fingerprint density at radius 2 is 1.59 bits per heavy atom. The monoisotopic (exact) mass is 325 g/mol. The number of carbonyl (C=O) groups excluding carboxylic acids is 1. The van der Waals surface area contributed by atoms with E-state index in [0.29, 0.717) is 26.3 Å². The first-order valence-corrected chi connectivity index (χ1v) is 8.61. The lowest BCUT2D eigenvalue weighted by Gasteiger charge is -2.37. The summed E-state index contributed by atoms with van der Waals surface area (Å²) >= 11 is 1.67. The number of carbonyl (C=O) groups is 1. The van der Waals surface area contributed by atoms with Gasteiger partial charge < -0.3 is 9.47 Å². The third-order valence-corrected chi connectivity index (χ3v) is 4.57. The van der Waals surface area contributed by atoms with Crippen LogP contribution >= 0.6 is 11.8 Å². The van der Waals surface area contributed by atoms with Crippen molar-refractivity contribution in [2.75, 3.05) is 46.8 Å². The van der Waals surface area contributed by atoms with E-state index in [4.69, 9.17) is 9.47 Å². The van der Waals surface area contributed by atoms with Gasteiger partial charge in [-0.05, 0) is 32.2 Å². The second-order valence-electron chi connectivity index (χ2n) is 5.59. The van der Waals surface area contributed by atoms with Gasteiger partial charge in [-0.3, -0.25) is 9.69 Å². The lowest BCUT2D eigenvalue weighted by atomic mass is 9.91. The highest BCUT2D eigenvalue weighted by Gasteiger charge is 2.34. The molecule has 0 atom stereocenters. The zero-order valence-corrected chi connectivity index (χ0v) is 15.0. The fourth-order valence-corrected chi connectivity index (χ4v) is 2.72. The van der Waals surface area contributed by atoms with Gasteiger partial charge in [-0.2, -0.15) is 0 Å². The van der Waals surface area contributed by atoms with Crippen LogP contribution in [0.25, 0.3) is 0 Å². The summed E-state index contributed by atoms with van der Waals surface area (Å²) in [6.45, 7) is 6.49. The van der Waals surface area contributed by atoms with Crippen molar-refractivity contribution in [3.63, 3.8) is 0 Å². The van der Waals surface area contributed by atoms with Crippen molar-refractivity contribution in [1.29, 1.82) is 0 Å². The summed E-state index contributed by atoms with van der Waals surface area (Å²) in [6.07, 6.45) is 2.03. The molecule has 1 aromatic rings. The highest BCUT2D eigenvalue weighted by Crippen LogP contribution is 2.22. The average Bonchev–Trinajstić information content (AvgIpc) is 2.54. The Morgan fingerprint density at radius 3 is 2.00 bits per heavy atom. The van der Waals surface area contributed by atoms with Crippen molar-refractivity contribution >= 4 is 17.5 Å². The van der Waals surface area contributed by atoms with Crippen LogP contribution in [0.1, 0.15) is 24.2 Å². The Kier molecular flexibility index (Phi) is 8.10. The number of thioether (sulfide) groups is 1. The third kappa shape index (κ3) is 5.09. The van der Waals surface area contributed by atoms with Gasteiger partial charge in [0.1, 0.15) is 0 Å². The number of nitrogens with zero attached hydrogens (tertiary/aromatic N) is 1. The molecule has 0 N–H and O–H groups in total. The number of ether oxygens (including phenoxy) is 2. The van der Waals surface area contributed by atoms with Crippen molar-refractivity contribution < 1.29 is 14.3 Å². The molecule has 0 aliphatic rings. The Balaban J connectivity index is 2.91. The van der Waals surface area contributed by atoms with Crippen molar-refractivity contribution in [3.8, 4) is 0 Å². The first-order valence-electron chi connectivity index (χ1n) is 7.39. The maximum atomic E-state index is 12.9. The minimum atomic E-state index is -0.599. The summed E-state index contributed by atoms with van der Waals surface area (Å²) in [6, 6.07) is 7.78. The molecule has 0 aromatic heterocycles. The van der Waals surface area contributed by atoms with Gasteiger partial charge in [0.15, 0.2) is 5.78 Å². The van der Waals surface area contributed by atoms with Gasteiger partial charge in [0.05, 0.1) is 18.8 Å². The number of Topliss-reactive ketones (excluding diaryl/α,β-unsaturated/α-hetero) is 1. The molecule has 0 aliphatic carbocycles. The highest BCUT2D eigenvalue weighted by atomic mass is 32.2. The van der Waals surface area contributed by atoms with Crippen molar-refractivity contribution in [1.82, 2.24) is 4.90 Å². The van der Waals surface area contributed by atoms with Crippen LogP contribution in [0, 0.1) is 0 Å². The van der Waals surface area contributed by atoms with E-state index in [1.807, 2.05) is 44.4 Å². The fourth-order valence-electron chi connectivity index (χ4n) is 2.31. The molecule has 0 amide bonds. The molecular formula is C17H27NO3S. The summed E-state index contributed by atoms with van der Waals surface area (Å²) in [7, 11) is 3.34. The molecule has 1 aromatic carbocycles. The second kappa shape index (κ2) is 9.30.